The highest BCUT2D eigenvalue weighted by molar-refractivity contribution is 6.01. The number of rotatable bonds is 5. The molecule has 21 heavy (non-hydrogen) atoms. The van der Waals surface area contributed by atoms with Gasteiger partial charge in [0.2, 0.25) is 5.91 Å². The van der Waals surface area contributed by atoms with Gasteiger partial charge >= 0.3 is 12.0 Å². The minimum atomic E-state index is -1.13. The molecule has 7 nitrogen and oxygen atoms in total. The number of hydrogen-bond acceptors (Lipinski definition) is 3. The Kier molecular flexibility index (Phi) is 5.29. The van der Waals surface area contributed by atoms with Crippen LogP contribution in [0.5, 0.6) is 0 Å². The molecule has 0 saturated heterocycles. The fraction of sp³-hybridized carbons (Fsp3) is 0.357. The monoisotopic (exact) mass is 293 g/mol. The van der Waals surface area contributed by atoms with Gasteiger partial charge < -0.3 is 21.1 Å². The molecule has 1 rings (SSSR count). The first kappa shape index (κ1) is 16.5. The lowest BCUT2D eigenvalue weighted by Gasteiger charge is -2.26. The quantitative estimate of drug-likeness (QED) is 0.762. The predicted molar refractivity (Wildman–Crippen MR) is 78.2 cm³/mol. The van der Waals surface area contributed by atoms with Crippen LogP contribution < -0.4 is 11.1 Å². The molecule has 1 aromatic rings. The number of carbonyl (C=O) groups is 3. The maximum Gasteiger partial charge on any atom is 0.338 e. The molecule has 0 aliphatic heterocycles. The molecule has 0 radical (unpaired) electrons. The molecule has 0 spiro atoms. The fourth-order valence-electron chi connectivity index (χ4n) is 1.90. The van der Waals surface area contributed by atoms with Crippen LogP contribution in [0.2, 0.25) is 0 Å². The fourth-order valence-corrected chi connectivity index (χ4v) is 1.90. The number of urea groups is 1. The van der Waals surface area contributed by atoms with E-state index in [1.807, 2.05) is 0 Å². The summed E-state index contributed by atoms with van der Waals surface area (Å²) in [6.07, 6.45) is 0. The van der Waals surface area contributed by atoms with Gasteiger partial charge in [0.05, 0.1) is 11.3 Å². The molecule has 0 bridgehead atoms. The molecular weight excluding hydrogens is 274 g/mol. The predicted octanol–water partition coefficient (Wildman–Crippen LogP) is 1.42. The van der Waals surface area contributed by atoms with Crippen LogP contribution in [0, 0.1) is 6.92 Å². The molecule has 0 saturated carbocycles. The summed E-state index contributed by atoms with van der Waals surface area (Å²) in [6, 6.07) is 3.96. The molecule has 7 heteroatoms. The van der Waals surface area contributed by atoms with Crippen LogP contribution in [0.3, 0.4) is 0 Å². The zero-order valence-electron chi connectivity index (χ0n) is 12.2. The van der Waals surface area contributed by atoms with E-state index < -0.39 is 17.9 Å². The second kappa shape index (κ2) is 6.74. The van der Waals surface area contributed by atoms with Crippen molar-refractivity contribution in [3.63, 3.8) is 0 Å². The van der Waals surface area contributed by atoms with E-state index in [0.717, 1.165) is 0 Å². The van der Waals surface area contributed by atoms with Gasteiger partial charge in [-0.2, -0.15) is 0 Å². The lowest BCUT2D eigenvalue weighted by Crippen LogP contribution is -2.45. The summed E-state index contributed by atoms with van der Waals surface area (Å²) in [5, 5.41) is 11.7. The summed E-state index contributed by atoms with van der Waals surface area (Å²) < 4.78 is 0. The van der Waals surface area contributed by atoms with Gasteiger partial charge in [0.25, 0.3) is 0 Å². The normalized spacial score (nSPS) is 10.3. The van der Waals surface area contributed by atoms with E-state index >= 15 is 0 Å². The minimum Gasteiger partial charge on any atom is -0.478 e. The molecule has 0 aliphatic rings. The summed E-state index contributed by atoms with van der Waals surface area (Å²) in [6.45, 7) is 4.87. The number of carbonyl (C=O) groups excluding carboxylic acids is 2. The first-order valence-electron chi connectivity index (χ1n) is 6.42. The summed E-state index contributed by atoms with van der Waals surface area (Å²) >= 11 is 0. The van der Waals surface area contributed by atoms with Crippen molar-refractivity contribution >= 4 is 23.6 Å². The number of amides is 3. The first-order chi connectivity index (χ1) is 9.73. The Balaban J connectivity index is 3.04. The number of primary amides is 1. The number of carboxylic acids is 1. The topological polar surface area (TPSA) is 113 Å². The highest BCUT2D eigenvalue weighted by Gasteiger charge is 2.21. The Morgan fingerprint density at radius 1 is 1.33 bits per heavy atom. The van der Waals surface area contributed by atoms with Crippen LogP contribution in [0.4, 0.5) is 10.5 Å². The average Bonchev–Trinajstić information content (AvgIpc) is 2.34. The standard InChI is InChI=1S/C14H19N3O4/c1-8(2)17(7-11(15)18)14(21)16-10-6-4-5-9(3)12(10)13(19)20/h4-6,8H,7H2,1-3H3,(H2,15,18)(H,16,21)(H,19,20). The molecule has 0 aliphatic carbocycles. The highest BCUT2D eigenvalue weighted by Crippen LogP contribution is 2.20. The number of aromatic carboxylic acids is 1. The van der Waals surface area contributed by atoms with Gasteiger partial charge in [0.1, 0.15) is 6.54 Å². The number of aryl methyl sites for hydroxylation is 1. The van der Waals surface area contributed by atoms with Crippen molar-refractivity contribution in [2.45, 2.75) is 26.8 Å². The largest absolute Gasteiger partial charge is 0.478 e. The third kappa shape index (κ3) is 4.20. The Hall–Kier alpha value is -2.57. The third-order valence-electron chi connectivity index (χ3n) is 2.94. The van der Waals surface area contributed by atoms with Crippen LogP contribution in [-0.2, 0) is 4.79 Å². The van der Waals surface area contributed by atoms with Gasteiger partial charge in [-0.15, -0.1) is 0 Å². The molecule has 4 N–H and O–H groups in total. The van der Waals surface area contributed by atoms with Crippen LogP contribution in [0.15, 0.2) is 18.2 Å². The summed E-state index contributed by atoms with van der Waals surface area (Å²) in [7, 11) is 0. The molecule has 0 heterocycles. The smallest absolute Gasteiger partial charge is 0.338 e. The Morgan fingerprint density at radius 2 is 1.95 bits per heavy atom. The van der Waals surface area contributed by atoms with E-state index in [2.05, 4.69) is 5.32 Å². The first-order valence-corrected chi connectivity index (χ1v) is 6.42. The van der Waals surface area contributed by atoms with Gasteiger partial charge in [0.15, 0.2) is 0 Å². The summed E-state index contributed by atoms with van der Waals surface area (Å²) in [4.78, 5) is 35.7. The maximum atomic E-state index is 12.2. The van der Waals surface area contributed by atoms with Crippen molar-refractivity contribution in [1.29, 1.82) is 0 Å². The second-order valence-corrected chi connectivity index (χ2v) is 4.92. The Morgan fingerprint density at radius 3 is 2.43 bits per heavy atom. The molecule has 0 unspecified atom stereocenters. The maximum absolute atomic E-state index is 12.2. The van der Waals surface area contributed by atoms with Crippen molar-refractivity contribution in [2.75, 3.05) is 11.9 Å². The van der Waals surface area contributed by atoms with Crippen LogP contribution in [0.25, 0.3) is 0 Å². The van der Waals surface area contributed by atoms with Gasteiger partial charge in [0, 0.05) is 6.04 Å². The third-order valence-corrected chi connectivity index (χ3v) is 2.94. The van der Waals surface area contributed by atoms with Crippen molar-refractivity contribution in [1.82, 2.24) is 4.90 Å². The lowest BCUT2D eigenvalue weighted by atomic mass is 10.1. The molecule has 1 aromatic carbocycles. The van der Waals surface area contributed by atoms with Gasteiger partial charge in [-0.1, -0.05) is 12.1 Å². The number of carboxylic acid groups (broad SMARTS) is 1. The average molecular weight is 293 g/mol. The number of anilines is 1. The Bertz CT molecular complexity index is 569. The minimum absolute atomic E-state index is 0.0219. The van der Waals surface area contributed by atoms with E-state index in [-0.39, 0.29) is 23.8 Å². The molecular formula is C14H19N3O4. The molecule has 0 aromatic heterocycles. The SMILES string of the molecule is Cc1cccc(NC(=O)N(CC(N)=O)C(C)C)c1C(=O)O. The van der Waals surface area contributed by atoms with Crippen molar-refractivity contribution in [2.24, 2.45) is 5.73 Å². The van der Waals surface area contributed by atoms with E-state index in [1.165, 1.54) is 11.0 Å². The van der Waals surface area contributed by atoms with Gasteiger partial charge in [-0.3, -0.25) is 4.79 Å². The molecule has 0 fully saturated rings. The van der Waals surface area contributed by atoms with Crippen molar-refractivity contribution in [3.05, 3.63) is 29.3 Å². The van der Waals surface area contributed by atoms with E-state index in [1.54, 1.807) is 32.9 Å². The number of nitrogens with one attached hydrogen (secondary N) is 1. The second-order valence-electron chi connectivity index (χ2n) is 4.92. The van der Waals surface area contributed by atoms with Gasteiger partial charge in [-0.05, 0) is 32.4 Å². The van der Waals surface area contributed by atoms with E-state index in [9.17, 15) is 19.5 Å². The number of nitrogens with zero attached hydrogens (tertiary/aromatic N) is 1. The van der Waals surface area contributed by atoms with Crippen LogP contribution in [0.1, 0.15) is 29.8 Å². The van der Waals surface area contributed by atoms with Crippen molar-refractivity contribution in [3.8, 4) is 0 Å². The number of nitrogens with two attached hydrogens (primary N) is 1. The summed E-state index contributed by atoms with van der Waals surface area (Å²) in [5.41, 5.74) is 5.85. The molecule has 0 atom stereocenters. The zero-order chi connectivity index (χ0) is 16.2. The van der Waals surface area contributed by atoms with Crippen LogP contribution in [-0.4, -0.2) is 40.5 Å². The van der Waals surface area contributed by atoms with E-state index in [0.29, 0.717) is 5.56 Å². The summed E-state index contributed by atoms with van der Waals surface area (Å²) in [5.74, 6) is -1.77. The molecule has 3 amide bonds. The Labute approximate surface area is 122 Å². The molecule has 114 valence electrons. The van der Waals surface area contributed by atoms with Crippen molar-refractivity contribution < 1.29 is 19.5 Å². The van der Waals surface area contributed by atoms with E-state index in [4.69, 9.17) is 5.73 Å². The zero-order valence-corrected chi connectivity index (χ0v) is 12.2. The van der Waals surface area contributed by atoms with Gasteiger partial charge in [-0.25, -0.2) is 9.59 Å². The lowest BCUT2D eigenvalue weighted by molar-refractivity contribution is -0.118. The number of benzene rings is 1. The highest BCUT2D eigenvalue weighted by atomic mass is 16.4. The number of hydrogen-bond donors (Lipinski definition) is 3. The van der Waals surface area contributed by atoms with Crippen LogP contribution >= 0.6 is 0 Å².